The van der Waals surface area contributed by atoms with Crippen molar-refractivity contribution in [1.82, 2.24) is 10.6 Å². The lowest BCUT2D eigenvalue weighted by Gasteiger charge is -2.37. The predicted octanol–water partition coefficient (Wildman–Crippen LogP) is 1.60. The Balaban J connectivity index is 1.80. The van der Waals surface area contributed by atoms with E-state index in [2.05, 4.69) is 10.6 Å². The van der Waals surface area contributed by atoms with Gasteiger partial charge in [-0.15, -0.1) is 0 Å². The minimum Gasteiger partial charge on any atom is -0.469 e. The summed E-state index contributed by atoms with van der Waals surface area (Å²) < 4.78 is 10.4. The van der Waals surface area contributed by atoms with Crippen LogP contribution in [0.25, 0.3) is 0 Å². The Bertz CT molecular complexity index is 476. The summed E-state index contributed by atoms with van der Waals surface area (Å²) in [7, 11) is 0. The summed E-state index contributed by atoms with van der Waals surface area (Å²) >= 11 is 0. The normalized spacial score (nSPS) is 21.9. The van der Waals surface area contributed by atoms with Crippen LogP contribution < -0.4 is 10.6 Å². The molecule has 1 saturated heterocycles. The van der Waals surface area contributed by atoms with Crippen LogP contribution in [-0.4, -0.2) is 29.7 Å². The molecule has 0 aromatic carbocycles. The molecule has 110 valence electrons. The Morgan fingerprint density at radius 1 is 1.50 bits per heavy atom. The fourth-order valence-electron chi connectivity index (χ4n) is 2.03. The highest BCUT2D eigenvalue weighted by molar-refractivity contribution is 5.92. The first-order valence-corrected chi connectivity index (χ1v) is 6.67. The van der Waals surface area contributed by atoms with Crippen molar-refractivity contribution < 1.29 is 18.7 Å². The van der Waals surface area contributed by atoms with Gasteiger partial charge in [0, 0.05) is 6.42 Å². The lowest BCUT2D eigenvalue weighted by atomic mass is 9.94. The maximum absolute atomic E-state index is 11.7. The molecule has 2 heterocycles. The van der Waals surface area contributed by atoms with Gasteiger partial charge < -0.3 is 19.8 Å². The van der Waals surface area contributed by atoms with Gasteiger partial charge in [-0.05, 0) is 39.3 Å². The number of hydrogen-bond acceptors (Lipinski definition) is 4. The third kappa shape index (κ3) is 3.76. The molecule has 2 rings (SSSR count). The van der Waals surface area contributed by atoms with E-state index in [1.54, 1.807) is 27.0 Å². The summed E-state index contributed by atoms with van der Waals surface area (Å²) in [5.74, 6) is 0.683. The number of rotatable bonds is 4. The molecule has 0 saturated carbocycles. The summed E-state index contributed by atoms with van der Waals surface area (Å²) in [5.41, 5.74) is -0.575. The first kappa shape index (κ1) is 14.4. The third-order valence-electron chi connectivity index (χ3n) is 2.97. The number of nitrogens with one attached hydrogen (secondary N) is 2. The van der Waals surface area contributed by atoms with Gasteiger partial charge in [-0.2, -0.15) is 0 Å². The smallest absolute Gasteiger partial charge is 0.408 e. The number of β-lactam (4-membered cyclic amide) rings is 1. The number of amides is 2. The number of ether oxygens (including phenoxy) is 1. The molecule has 6 heteroatoms. The van der Waals surface area contributed by atoms with Crippen LogP contribution in [0.3, 0.4) is 0 Å². The van der Waals surface area contributed by atoms with Crippen LogP contribution in [0, 0.1) is 0 Å². The number of carbonyl (C=O) groups excluding carboxylic acids is 2. The van der Waals surface area contributed by atoms with Crippen molar-refractivity contribution in [2.75, 3.05) is 0 Å². The van der Waals surface area contributed by atoms with Gasteiger partial charge in [0.15, 0.2) is 0 Å². The summed E-state index contributed by atoms with van der Waals surface area (Å²) in [5, 5.41) is 5.37. The maximum Gasteiger partial charge on any atom is 0.408 e. The van der Waals surface area contributed by atoms with E-state index in [4.69, 9.17) is 9.15 Å². The molecule has 1 aromatic heterocycles. The SMILES string of the molecule is CC(C)(C)OC(=O)N[C@@H]1C(=O)N[C@@H]1CCc1ccco1. The quantitative estimate of drug-likeness (QED) is 0.821. The predicted molar refractivity (Wildman–Crippen MR) is 72.1 cm³/mol. The van der Waals surface area contributed by atoms with Crippen LogP contribution in [0.15, 0.2) is 22.8 Å². The van der Waals surface area contributed by atoms with E-state index in [0.717, 1.165) is 5.76 Å². The van der Waals surface area contributed by atoms with E-state index in [1.165, 1.54) is 0 Å². The van der Waals surface area contributed by atoms with Crippen molar-refractivity contribution in [1.29, 1.82) is 0 Å². The van der Waals surface area contributed by atoms with E-state index < -0.39 is 17.7 Å². The Morgan fingerprint density at radius 2 is 2.25 bits per heavy atom. The fourth-order valence-corrected chi connectivity index (χ4v) is 2.03. The second-order valence-electron chi connectivity index (χ2n) is 5.86. The first-order valence-electron chi connectivity index (χ1n) is 6.67. The summed E-state index contributed by atoms with van der Waals surface area (Å²) in [6, 6.07) is 3.10. The highest BCUT2D eigenvalue weighted by Crippen LogP contribution is 2.15. The number of alkyl carbamates (subject to hydrolysis) is 1. The molecule has 6 nitrogen and oxygen atoms in total. The fraction of sp³-hybridized carbons (Fsp3) is 0.571. The largest absolute Gasteiger partial charge is 0.469 e. The van der Waals surface area contributed by atoms with E-state index in [-0.39, 0.29) is 11.9 Å². The standard InChI is InChI=1S/C14H20N2O4/c1-14(2,3)20-13(18)16-11-10(15-12(11)17)7-6-9-5-4-8-19-9/h4-5,8,10-11H,6-7H2,1-3H3,(H,15,17)(H,16,18)/t10-,11+/m1/s1. The van der Waals surface area contributed by atoms with Gasteiger partial charge >= 0.3 is 6.09 Å². The molecule has 1 fully saturated rings. The van der Waals surface area contributed by atoms with Crippen LogP contribution in [0.5, 0.6) is 0 Å². The van der Waals surface area contributed by atoms with Gasteiger partial charge in [-0.1, -0.05) is 0 Å². The van der Waals surface area contributed by atoms with Crippen molar-refractivity contribution in [3.05, 3.63) is 24.2 Å². The van der Waals surface area contributed by atoms with E-state index in [9.17, 15) is 9.59 Å². The molecule has 0 radical (unpaired) electrons. The van der Waals surface area contributed by atoms with Crippen molar-refractivity contribution in [2.24, 2.45) is 0 Å². The van der Waals surface area contributed by atoms with Crippen LogP contribution in [-0.2, 0) is 16.0 Å². The van der Waals surface area contributed by atoms with Gasteiger partial charge in [0.1, 0.15) is 17.4 Å². The van der Waals surface area contributed by atoms with Crippen molar-refractivity contribution in [3.8, 4) is 0 Å². The summed E-state index contributed by atoms with van der Waals surface area (Å²) in [6.07, 6.45) is 2.47. The highest BCUT2D eigenvalue weighted by Gasteiger charge is 2.40. The minimum absolute atomic E-state index is 0.0832. The molecule has 1 aromatic rings. The molecule has 2 amide bonds. The Morgan fingerprint density at radius 3 is 2.80 bits per heavy atom. The lowest BCUT2D eigenvalue weighted by molar-refractivity contribution is -0.131. The molecule has 1 aliphatic rings. The van der Waals surface area contributed by atoms with Crippen molar-refractivity contribution in [2.45, 2.75) is 51.3 Å². The zero-order chi connectivity index (χ0) is 14.8. The van der Waals surface area contributed by atoms with Crippen molar-refractivity contribution >= 4 is 12.0 Å². The summed E-state index contributed by atoms with van der Waals surface area (Å²) in [4.78, 5) is 23.2. The number of carbonyl (C=O) groups is 2. The van der Waals surface area contributed by atoms with E-state index >= 15 is 0 Å². The number of furan rings is 1. The topological polar surface area (TPSA) is 80.6 Å². The molecule has 2 atom stereocenters. The van der Waals surface area contributed by atoms with Gasteiger partial charge in [-0.3, -0.25) is 4.79 Å². The zero-order valence-electron chi connectivity index (χ0n) is 11.9. The van der Waals surface area contributed by atoms with E-state index in [0.29, 0.717) is 12.8 Å². The van der Waals surface area contributed by atoms with E-state index in [1.807, 2.05) is 12.1 Å². The molecular weight excluding hydrogens is 260 g/mol. The lowest BCUT2D eigenvalue weighted by Crippen LogP contribution is -2.69. The van der Waals surface area contributed by atoms with Gasteiger partial charge in [0.25, 0.3) is 0 Å². The molecule has 0 unspecified atom stereocenters. The Labute approximate surface area is 117 Å². The average Bonchev–Trinajstić information content (AvgIpc) is 2.82. The number of hydrogen-bond donors (Lipinski definition) is 2. The van der Waals surface area contributed by atoms with Gasteiger partial charge in [0.05, 0.1) is 12.3 Å². The second kappa shape index (κ2) is 5.56. The second-order valence-corrected chi connectivity index (χ2v) is 5.86. The molecular formula is C14H20N2O4. The molecule has 0 bridgehead atoms. The summed E-state index contributed by atoms with van der Waals surface area (Å²) in [6.45, 7) is 5.34. The monoisotopic (exact) mass is 280 g/mol. The van der Waals surface area contributed by atoms with Crippen LogP contribution in [0.2, 0.25) is 0 Å². The molecule has 0 spiro atoms. The molecule has 1 aliphatic heterocycles. The van der Waals surface area contributed by atoms with Crippen LogP contribution in [0.4, 0.5) is 4.79 Å². The first-order chi connectivity index (χ1) is 9.35. The van der Waals surface area contributed by atoms with Crippen LogP contribution in [0.1, 0.15) is 33.0 Å². The zero-order valence-corrected chi connectivity index (χ0v) is 11.9. The minimum atomic E-state index is -0.575. The third-order valence-corrected chi connectivity index (χ3v) is 2.97. The maximum atomic E-state index is 11.7. The molecule has 2 N–H and O–H groups in total. The average molecular weight is 280 g/mol. The van der Waals surface area contributed by atoms with Gasteiger partial charge in [0.2, 0.25) is 5.91 Å². The Hall–Kier alpha value is -1.98. The highest BCUT2D eigenvalue weighted by atomic mass is 16.6. The molecule has 0 aliphatic carbocycles. The van der Waals surface area contributed by atoms with Crippen molar-refractivity contribution in [3.63, 3.8) is 0 Å². The Kier molecular flexibility index (Phi) is 4.01. The van der Waals surface area contributed by atoms with Crippen LogP contribution >= 0.6 is 0 Å². The number of aryl methyl sites for hydroxylation is 1. The van der Waals surface area contributed by atoms with Gasteiger partial charge in [-0.25, -0.2) is 4.79 Å². The molecule has 20 heavy (non-hydrogen) atoms.